The molecule has 0 unspecified atom stereocenters. The second-order valence-electron chi connectivity index (χ2n) is 6.00. The summed E-state index contributed by atoms with van der Waals surface area (Å²) in [5.74, 6) is -0.397. The number of aryl methyl sites for hydroxylation is 2. The van der Waals surface area contributed by atoms with Crippen LogP contribution < -0.4 is 4.74 Å². The lowest BCUT2D eigenvalue weighted by atomic mass is 10.1. The Morgan fingerprint density at radius 2 is 1.89 bits per heavy atom. The van der Waals surface area contributed by atoms with Gasteiger partial charge in [0.1, 0.15) is 11.3 Å². The van der Waals surface area contributed by atoms with E-state index in [2.05, 4.69) is 9.97 Å². The fourth-order valence-electron chi connectivity index (χ4n) is 3.03. The Kier molecular flexibility index (Phi) is 5.46. The Morgan fingerprint density at radius 3 is 2.63 bits per heavy atom. The number of Topliss-reactive ketones (excluding diaryl/α,β-unsaturated/α-hetero) is 1. The van der Waals surface area contributed by atoms with E-state index in [9.17, 15) is 9.59 Å². The van der Waals surface area contributed by atoms with E-state index in [1.165, 1.54) is 0 Å². The number of hydrogen-bond acceptors (Lipinski definition) is 5. The van der Waals surface area contributed by atoms with Gasteiger partial charge < -0.3 is 14.5 Å². The standard InChI is InChI=1S/C20H19ClN2O4/c1-4-26-20(25)18-12(3)23-11(2)17(18)15(24)10-27-16-8-7-14(21)13-6-5-9-22-19(13)16/h5-9,23H,4,10H2,1-3H3. The molecule has 6 nitrogen and oxygen atoms in total. The van der Waals surface area contributed by atoms with Crippen molar-refractivity contribution in [2.75, 3.05) is 13.2 Å². The summed E-state index contributed by atoms with van der Waals surface area (Å²) < 4.78 is 10.8. The lowest BCUT2D eigenvalue weighted by molar-refractivity contribution is 0.0522. The number of benzene rings is 1. The van der Waals surface area contributed by atoms with E-state index in [0.717, 1.165) is 5.39 Å². The fourth-order valence-corrected chi connectivity index (χ4v) is 3.25. The summed E-state index contributed by atoms with van der Waals surface area (Å²) in [6, 6.07) is 6.98. The number of aromatic nitrogens is 2. The summed E-state index contributed by atoms with van der Waals surface area (Å²) in [5, 5.41) is 1.29. The normalized spacial score (nSPS) is 10.8. The van der Waals surface area contributed by atoms with Crippen molar-refractivity contribution in [3.63, 3.8) is 0 Å². The van der Waals surface area contributed by atoms with Gasteiger partial charge in [0.15, 0.2) is 6.61 Å². The molecule has 0 amide bonds. The number of hydrogen-bond donors (Lipinski definition) is 1. The van der Waals surface area contributed by atoms with Crippen LogP contribution in [0.15, 0.2) is 30.5 Å². The lowest BCUT2D eigenvalue weighted by Crippen LogP contribution is -2.17. The van der Waals surface area contributed by atoms with Crippen LogP contribution in [0.2, 0.25) is 5.02 Å². The maximum atomic E-state index is 12.8. The molecular formula is C20H19ClN2O4. The van der Waals surface area contributed by atoms with E-state index in [1.54, 1.807) is 45.2 Å². The van der Waals surface area contributed by atoms with Gasteiger partial charge in [-0.25, -0.2) is 4.79 Å². The number of ether oxygens (including phenoxy) is 2. The first kappa shape index (κ1) is 18.9. The average molecular weight is 387 g/mol. The zero-order chi connectivity index (χ0) is 19.6. The molecule has 1 N–H and O–H groups in total. The van der Waals surface area contributed by atoms with Crippen molar-refractivity contribution in [1.29, 1.82) is 0 Å². The van der Waals surface area contributed by atoms with E-state index in [-0.39, 0.29) is 30.1 Å². The zero-order valence-electron chi connectivity index (χ0n) is 15.3. The Morgan fingerprint density at radius 1 is 1.15 bits per heavy atom. The molecule has 0 aliphatic heterocycles. The van der Waals surface area contributed by atoms with E-state index < -0.39 is 5.97 Å². The lowest BCUT2D eigenvalue weighted by Gasteiger charge is -2.10. The summed E-state index contributed by atoms with van der Waals surface area (Å²) in [7, 11) is 0. The second kappa shape index (κ2) is 7.80. The molecule has 7 heteroatoms. The summed E-state index contributed by atoms with van der Waals surface area (Å²) >= 11 is 6.18. The molecule has 2 aromatic heterocycles. The summed E-state index contributed by atoms with van der Waals surface area (Å²) in [6.07, 6.45) is 1.63. The number of pyridine rings is 1. The molecule has 140 valence electrons. The van der Waals surface area contributed by atoms with Gasteiger partial charge in [0.05, 0.1) is 22.8 Å². The van der Waals surface area contributed by atoms with Crippen LogP contribution in [0.4, 0.5) is 0 Å². The Bertz CT molecular complexity index is 1030. The van der Waals surface area contributed by atoms with Gasteiger partial charge in [0.25, 0.3) is 0 Å². The van der Waals surface area contributed by atoms with Gasteiger partial charge in [-0.05, 0) is 45.0 Å². The molecule has 0 radical (unpaired) electrons. The third-order valence-corrected chi connectivity index (χ3v) is 4.50. The molecule has 3 rings (SSSR count). The maximum Gasteiger partial charge on any atom is 0.340 e. The number of aromatic amines is 1. The molecule has 0 bridgehead atoms. The SMILES string of the molecule is CCOC(=O)c1c(C)[nH]c(C)c1C(=O)COc1ccc(Cl)c2cccnc12. The highest BCUT2D eigenvalue weighted by Crippen LogP contribution is 2.30. The minimum Gasteiger partial charge on any atom is -0.483 e. The van der Waals surface area contributed by atoms with Gasteiger partial charge in [0.2, 0.25) is 5.78 Å². The van der Waals surface area contributed by atoms with Crippen LogP contribution in [0.1, 0.15) is 39.0 Å². The number of carbonyl (C=O) groups is 2. The first-order valence-electron chi connectivity index (χ1n) is 8.49. The molecular weight excluding hydrogens is 368 g/mol. The number of nitrogens with zero attached hydrogens (tertiary/aromatic N) is 1. The van der Waals surface area contributed by atoms with Crippen LogP contribution in [0.25, 0.3) is 10.9 Å². The van der Waals surface area contributed by atoms with Crippen molar-refractivity contribution in [2.24, 2.45) is 0 Å². The average Bonchev–Trinajstić information content (AvgIpc) is 2.95. The summed E-state index contributed by atoms with van der Waals surface area (Å²) in [5.41, 5.74) is 2.31. The minimum atomic E-state index is -0.527. The number of halogens is 1. The molecule has 0 saturated heterocycles. The second-order valence-corrected chi connectivity index (χ2v) is 6.41. The number of ketones is 1. The number of carbonyl (C=O) groups excluding carboxylic acids is 2. The first-order valence-corrected chi connectivity index (χ1v) is 8.87. The predicted octanol–water partition coefficient (Wildman–Crippen LogP) is 4.27. The monoisotopic (exact) mass is 386 g/mol. The van der Waals surface area contributed by atoms with Crippen molar-refractivity contribution in [2.45, 2.75) is 20.8 Å². The van der Waals surface area contributed by atoms with Crippen LogP contribution in [0, 0.1) is 13.8 Å². The van der Waals surface area contributed by atoms with Crippen molar-refractivity contribution in [3.05, 3.63) is 58.0 Å². The van der Waals surface area contributed by atoms with Gasteiger partial charge in [-0.15, -0.1) is 0 Å². The highest BCUT2D eigenvalue weighted by molar-refractivity contribution is 6.35. The largest absolute Gasteiger partial charge is 0.483 e. The molecule has 0 aliphatic rings. The molecule has 0 atom stereocenters. The Balaban J connectivity index is 1.88. The van der Waals surface area contributed by atoms with Crippen LogP contribution in [-0.4, -0.2) is 34.9 Å². The first-order chi connectivity index (χ1) is 12.9. The summed E-state index contributed by atoms with van der Waals surface area (Å²) in [6.45, 7) is 5.18. The number of H-pyrrole nitrogens is 1. The molecule has 27 heavy (non-hydrogen) atoms. The summed E-state index contributed by atoms with van der Waals surface area (Å²) in [4.78, 5) is 32.3. The number of nitrogens with one attached hydrogen (secondary N) is 1. The van der Waals surface area contributed by atoms with Crippen molar-refractivity contribution >= 4 is 34.3 Å². The van der Waals surface area contributed by atoms with Crippen molar-refractivity contribution < 1.29 is 19.1 Å². The fraction of sp³-hybridized carbons (Fsp3) is 0.250. The molecule has 0 saturated carbocycles. The number of fused-ring (bicyclic) bond motifs is 1. The zero-order valence-corrected chi connectivity index (χ0v) is 16.0. The van der Waals surface area contributed by atoms with Crippen LogP contribution in [0.5, 0.6) is 5.75 Å². The van der Waals surface area contributed by atoms with Gasteiger partial charge in [0, 0.05) is 23.0 Å². The van der Waals surface area contributed by atoms with Gasteiger partial charge in [-0.2, -0.15) is 0 Å². The predicted molar refractivity (Wildman–Crippen MR) is 103 cm³/mol. The van der Waals surface area contributed by atoms with Crippen LogP contribution >= 0.6 is 11.6 Å². The van der Waals surface area contributed by atoms with E-state index in [4.69, 9.17) is 21.1 Å². The molecule has 2 heterocycles. The van der Waals surface area contributed by atoms with E-state index in [0.29, 0.717) is 27.7 Å². The van der Waals surface area contributed by atoms with E-state index in [1.807, 2.05) is 6.07 Å². The molecule has 0 spiro atoms. The highest BCUT2D eigenvalue weighted by atomic mass is 35.5. The Labute approximate surface area is 161 Å². The highest BCUT2D eigenvalue weighted by Gasteiger charge is 2.25. The number of rotatable bonds is 6. The molecule has 3 aromatic rings. The molecule has 0 fully saturated rings. The smallest absolute Gasteiger partial charge is 0.340 e. The maximum absolute atomic E-state index is 12.8. The van der Waals surface area contributed by atoms with Crippen LogP contribution in [0.3, 0.4) is 0 Å². The van der Waals surface area contributed by atoms with Crippen LogP contribution in [-0.2, 0) is 4.74 Å². The molecule has 0 aliphatic carbocycles. The van der Waals surface area contributed by atoms with Gasteiger partial charge in [-0.3, -0.25) is 9.78 Å². The van der Waals surface area contributed by atoms with Gasteiger partial charge in [-0.1, -0.05) is 11.6 Å². The third-order valence-electron chi connectivity index (χ3n) is 4.17. The minimum absolute atomic E-state index is 0.231. The Hall–Kier alpha value is -2.86. The quantitative estimate of drug-likeness (QED) is 0.505. The van der Waals surface area contributed by atoms with Gasteiger partial charge >= 0.3 is 5.97 Å². The van der Waals surface area contributed by atoms with Crippen molar-refractivity contribution in [1.82, 2.24) is 9.97 Å². The number of esters is 1. The molecule has 1 aromatic carbocycles. The van der Waals surface area contributed by atoms with Crippen molar-refractivity contribution in [3.8, 4) is 5.75 Å². The topological polar surface area (TPSA) is 81.3 Å². The third kappa shape index (κ3) is 3.66. The van der Waals surface area contributed by atoms with E-state index >= 15 is 0 Å².